The second-order valence-corrected chi connectivity index (χ2v) is 11.4. The highest BCUT2D eigenvalue weighted by molar-refractivity contribution is 7.92. The molecule has 0 saturated carbocycles. The molecule has 0 radical (unpaired) electrons. The molecule has 0 aliphatic carbocycles. The molecular formula is C19H23ClN4O5S2. The Hall–Kier alpha value is -2.21. The average Bonchev–Trinajstić information content (AvgIpc) is 2.69. The zero-order valence-electron chi connectivity index (χ0n) is 17.0. The molecule has 0 atom stereocenters. The van der Waals surface area contributed by atoms with Crippen LogP contribution in [-0.2, 0) is 24.8 Å². The first-order valence-corrected chi connectivity index (χ1v) is 13.2. The molecule has 12 heteroatoms. The lowest BCUT2D eigenvalue weighted by Gasteiger charge is -2.30. The van der Waals surface area contributed by atoms with Gasteiger partial charge in [-0.2, -0.15) is 4.31 Å². The molecular weight excluding hydrogens is 464 g/mol. The predicted octanol–water partition coefficient (Wildman–Crippen LogP) is 2.45. The van der Waals surface area contributed by atoms with Gasteiger partial charge in [-0.25, -0.2) is 21.8 Å². The third-order valence-electron chi connectivity index (χ3n) is 4.97. The Morgan fingerprint density at radius 1 is 1.16 bits per heavy atom. The minimum absolute atomic E-state index is 0.0508. The largest absolute Gasteiger partial charge is 0.326 e. The maximum atomic E-state index is 12.8. The number of hydrogen-bond donors (Lipinski definition) is 2. The number of carbonyl (C=O) groups is 1. The number of aromatic nitrogens is 1. The first kappa shape index (κ1) is 23.5. The number of nitrogens with one attached hydrogen (secondary N) is 2. The molecule has 1 aliphatic heterocycles. The second kappa shape index (κ2) is 9.11. The van der Waals surface area contributed by atoms with Crippen molar-refractivity contribution in [2.75, 3.05) is 29.4 Å². The maximum absolute atomic E-state index is 12.8. The van der Waals surface area contributed by atoms with Gasteiger partial charge in [0.15, 0.2) is 0 Å². The van der Waals surface area contributed by atoms with Crippen LogP contribution in [0.5, 0.6) is 0 Å². The van der Waals surface area contributed by atoms with Crippen molar-refractivity contribution < 1.29 is 21.6 Å². The summed E-state index contributed by atoms with van der Waals surface area (Å²) in [6, 6.07) is 7.86. The van der Waals surface area contributed by atoms with Crippen molar-refractivity contribution in [1.29, 1.82) is 0 Å². The highest BCUT2D eigenvalue weighted by Gasteiger charge is 2.33. The monoisotopic (exact) mass is 486 g/mol. The third-order valence-corrected chi connectivity index (χ3v) is 7.90. The van der Waals surface area contributed by atoms with Crippen LogP contribution in [0, 0.1) is 12.8 Å². The normalized spacial score (nSPS) is 16.1. The van der Waals surface area contributed by atoms with Crippen LogP contribution in [0.2, 0.25) is 5.15 Å². The highest BCUT2D eigenvalue weighted by atomic mass is 35.5. The minimum atomic E-state index is -3.79. The van der Waals surface area contributed by atoms with E-state index in [1.54, 1.807) is 25.1 Å². The number of sulfonamides is 2. The lowest BCUT2D eigenvalue weighted by atomic mass is 9.97. The quantitative estimate of drug-likeness (QED) is 0.604. The number of rotatable bonds is 6. The van der Waals surface area contributed by atoms with Gasteiger partial charge in [0, 0.05) is 30.9 Å². The molecule has 1 aromatic heterocycles. The van der Waals surface area contributed by atoms with Crippen molar-refractivity contribution in [3.63, 3.8) is 0 Å². The minimum Gasteiger partial charge on any atom is -0.326 e. The third kappa shape index (κ3) is 5.73. The Morgan fingerprint density at radius 2 is 1.84 bits per heavy atom. The lowest BCUT2D eigenvalue weighted by molar-refractivity contribution is -0.120. The lowest BCUT2D eigenvalue weighted by Crippen LogP contribution is -2.41. The fraction of sp³-hybridized carbons (Fsp3) is 0.368. The van der Waals surface area contributed by atoms with Gasteiger partial charge in [0.05, 0.1) is 11.9 Å². The SMILES string of the molecule is Cc1ccc(NC(=O)C2CCN(S(=O)(=O)c3cccnc3Cl)CC2)cc1NS(C)(=O)=O. The Bertz CT molecular complexity index is 1190. The van der Waals surface area contributed by atoms with Gasteiger partial charge in [-0.05, 0) is 49.6 Å². The summed E-state index contributed by atoms with van der Waals surface area (Å²) < 4.78 is 52.3. The summed E-state index contributed by atoms with van der Waals surface area (Å²) in [6.45, 7) is 2.12. The van der Waals surface area contributed by atoms with Crippen molar-refractivity contribution in [3.05, 3.63) is 47.2 Å². The number of anilines is 2. The Morgan fingerprint density at radius 3 is 2.45 bits per heavy atom. The summed E-state index contributed by atoms with van der Waals surface area (Å²) in [4.78, 5) is 16.4. The molecule has 1 fully saturated rings. The van der Waals surface area contributed by atoms with E-state index < -0.39 is 20.0 Å². The fourth-order valence-electron chi connectivity index (χ4n) is 3.31. The van der Waals surface area contributed by atoms with E-state index in [1.807, 2.05) is 0 Å². The van der Waals surface area contributed by atoms with Crippen molar-refractivity contribution in [3.8, 4) is 0 Å². The van der Waals surface area contributed by atoms with E-state index in [-0.39, 0.29) is 35.0 Å². The molecule has 1 saturated heterocycles. The van der Waals surface area contributed by atoms with Gasteiger partial charge in [0.2, 0.25) is 26.0 Å². The number of benzene rings is 1. The van der Waals surface area contributed by atoms with Gasteiger partial charge in [-0.3, -0.25) is 9.52 Å². The Labute approximate surface area is 186 Å². The van der Waals surface area contributed by atoms with Gasteiger partial charge < -0.3 is 5.32 Å². The molecule has 31 heavy (non-hydrogen) atoms. The molecule has 168 valence electrons. The summed E-state index contributed by atoms with van der Waals surface area (Å²) in [5.41, 5.74) is 1.56. The summed E-state index contributed by atoms with van der Waals surface area (Å²) in [7, 11) is -7.24. The summed E-state index contributed by atoms with van der Waals surface area (Å²) in [6.07, 6.45) is 3.17. The van der Waals surface area contributed by atoms with Gasteiger partial charge >= 0.3 is 0 Å². The number of carbonyl (C=O) groups excluding carboxylic acids is 1. The second-order valence-electron chi connectivity index (χ2n) is 7.36. The zero-order valence-corrected chi connectivity index (χ0v) is 19.4. The van der Waals surface area contributed by atoms with Gasteiger partial charge in [0.1, 0.15) is 10.0 Å². The molecule has 0 spiro atoms. The molecule has 3 rings (SSSR count). The van der Waals surface area contributed by atoms with E-state index in [0.717, 1.165) is 11.8 Å². The van der Waals surface area contributed by atoms with Gasteiger partial charge in [-0.15, -0.1) is 0 Å². The standard InChI is InChI=1S/C19H23ClN4O5S2/c1-13-5-6-15(12-16(13)23-30(2,26)27)22-19(25)14-7-10-24(11-8-14)31(28,29)17-4-3-9-21-18(17)20/h3-6,9,12,14,23H,7-8,10-11H2,1-2H3,(H,22,25). The van der Waals surface area contributed by atoms with Crippen LogP contribution < -0.4 is 10.0 Å². The maximum Gasteiger partial charge on any atom is 0.246 e. The summed E-state index contributed by atoms with van der Waals surface area (Å²) in [5, 5.41) is 2.70. The van der Waals surface area contributed by atoms with Crippen LogP contribution in [0.1, 0.15) is 18.4 Å². The van der Waals surface area contributed by atoms with Crippen LogP contribution >= 0.6 is 11.6 Å². The molecule has 0 bridgehead atoms. The summed E-state index contributed by atoms with van der Waals surface area (Å²) >= 11 is 5.94. The highest BCUT2D eigenvalue weighted by Crippen LogP contribution is 2.28. The average molecular weight is 487 g/mol. The van der Waals surface area contributed by atoms with Crippen molar-refractivity contribution in [2.45, 2.75) is 24.7 Å². The molecule has 1 amide bonds. The number of nitrogens with zero attached hydrogens (tertiary/aromatic N) is 2. The molecule has 1 aliphatic rings. The summed E-state index contributed by atoms with van der Waals surface area (Å²) in [5.74, 6) is -0.617. The smallest absolute Gasteiger partial charge is 0.246 e. The number of amides is 1. The Kier molecular flexibility index (Phi) is 6.89. The predicted molar refractivity (Wildman–Crippen MR) is 119 cm³/mol. The van der Waals surface area contributed by atoms with Crippen molar-refractivity contribution in [2.24, 2.45) is 5.92 Å². The first-order chi connectivity index (χ1) is 14.5. The van der Waals surface area contributed by atoms with Gasteiger partial charge in [0.25, 0.3) is 0 Å². The van der Waals surface area contributed by atoms with Crippen LogP contribution in [0.25, 0.3) is 0 Å². The van der Waals surface area contributed by atoms with Crippen LogP contribution in [0.4, 0.5) is 11.4 Å². The fourth-order valence-corrected chi connectivity index (χ4v) is 5.83. The molecule has 0 unspecified atom stereocenters. The van der Waals surface area contributed by atoms with Crippen molar-refractivity contribution in [1.82, 2.24) is 9.29 Å². The van der Waals surface area contributed by atoms with E-state index >= 15 is 0 Å². The van der Waals surface area contributed by atoms with E-state index in [1.165, 1.54) is 22.6 Å². The molecule has 2 aromatic rings. The molecule has 2 heterocycles. The van der Waals surface area contributed by atoms with Crippen molar-refractivity contribution >= 4 is 48.9 Å². The van der Waals surface area contributed by atoms with Crippen LogP contribution in [0.15, 0.2) is 41.4 Å². The van der Waals surface area contributed by atoms with E-state index in [2.05, 4.69) is 15.0 Å². The van der Waals surface area contributed by atoms with Gasteiger partial charge in [-0.1, -0.05) is 17.7 Å². The van der Waals surface area contributed by atoms with Crippen LogP contribution in [-0.4, -0.2) is 51.4 Å². The molecule has 9 nitrogen and oxygen atoms in total. The number of aryl methyl sites for hydroxylation is 1. The first-order valence-electron chi connectivity index (χ1n) is 9.47. The van der Waals surface area contributed by atoms with E-state index in [0.29, 0.717) is 24.2 Å². The Balaban J connectivity index is 1.65. The zero-order chi connectivity index (χ0) is 22.8. The number of pyridine rings is 1. The van der Waals surface area contributed by atoms with Crippen LogP contribution in [0.3, 0.4) is 0 Å². The van der Waals surface area contributed by atoms with E-state index in [9.17, 15) is 21.6 Å². The van der Waals surface area contributed by atoms with E-state index in [4.69, 9.17) is 11.6 Å². The number of halogens is 1. The molecule has 1 aromatic carbocycles. The molecule has 2 N–H and O–H groups in total. The topological polar surface area (TPSA) is 126 Å². The number of piperidine rings is 1. The number of hydrogen-bond acceptors (Lipinski definition) is 6.